The Bertz CT molecular complexity index is 682. The molecule has 1 aliphatic heterocycles. The largest absolute Gasteiger partial charge is 0.504 e. The van der Waals surface area contributed by atoms with Gasteiger partial charge >= 0.3 is 6.03 Å². The van der Waals surface area contributed by atoms with E-state index in [0.29, 0.717) is 5.92 Å². The molecule has 120 valence electrons. The van der Waals surface area contributed by atoms with Gasteiger partial charge in [0.15, 0.2) is 11.5 Å². The number of urea groups is 1. The molecule has 0 spiro atoms. The van der Waals surface area contributed by atoms with Crippen molar-refractivity contribution in [1.82, 2.24) is 16.0 Å². The summed E-state index contributed by atoms with van der Waals surface area (Å²) in [7, 11) is 0. The number of rotatable bonds is 3. The van der Waals surface area contributed by atoms with Gasteiger partial charge in [-0.25, -0.2) is 4.79 Å². The van der Waals surface area contributed by atoms with E-state index >= 15 is 0 Å². The third-order valence-electron chi connectivity index (χ3n) is 4.29. The highest BCUT2D eigenvalue weighted by atomic mass is 16.3. The molecule has 4 N–H and O–H groups in total. The van der Waals surface area contributed by atoms with Crippen LogP contribution in [0.2, 0.25) is 0 Å². The summed E-state index contributed by atoms with van der Waals surface area (Å²) in [5.74, 6) is -0.404. The molecule has 1 heterocycles. The van der Waals surface area contributed by atoms with E-state index in [9.17, 15) is 14.7 Å². The van der Waals surface area contributed by atoms with Gasteiger partial charge in [-0.15, -0.1) is 0 Å². The lowest BCUT2D eigenvalue weighted by molar-refractivity contribution is -0.118. The SMILES string of the molecule is C=C1NC(=O)NC(C(=O)N[C@@H]2CC[C@H](c3ccccc3)C2)=C1O. The van der Waals surface area contributed by atoms with E-state index in [4.69, 9.17) is 0 Å². The molecule has 1 saturated carbocycles. The molecule has 1 aromatic rings. The molecule has 0 saturated heterocycles. The molecule has 2 atom stereocenters. The Labute approximate surface area is 134 Å². The zero-order chi connectivity index (χ0) is 16.4. The smallest absolute Gasteiger partial charge is 0.324 e. The maximum atomic E-state index is 12.3. The second-order valence-electron chi connectivity index (χ2n) is 5.87. The lowest BCUT2D eigenvalue weighted by atomic mass is 9.98. The Morgan fingerprint density at radius 2 is 1.96 bits per heavy atom. The van der Waals surface area contributed by atoms with E-state index in [0.717, 1.165) is 19.3 Å². The highest BCUT2D eigenvalue weighted by Gasteiger charge is 2.30. The number of hydrogen-bond acceptors (Lipinski definition) is 3. The summed E-state index contributed by atoms with van der Waals surface area (Å²) in [6, 6.07) is 9.65. The number of amides is 3. The molecule has 23 heavy (non-hydrogen) atoms. The highest BCUT2D eigenvalue weighted by Crippen LogP contribution is 2.34. The normalized spacial score (nSPS) is 24.2. The average Bonchev–Trinajstić information content (AvgIpc) is 3.00. The van der Waals surface area contributed by atoms with E-state index in [-0.39, 0.29) is 23.2 Å². The summed E-state index contributed by atoms with van der Waals surface area (Å²) in [6.45, 7) is 3.50. The Hall–Kier alpha value is -2.76. The molecule has 0 bridgehead atoms. The lowest BCUT2D eigenvalue weighted by Gasteiger charge is -2.21. The van der Waals surface area contributed by atoms with Gasteiger partial charge in [0.25, 0.3) is 5.91 Å². The predicted molar refractivity (Wildman–Crippen MR) is 85.4 cm³/mol. The number of aliphatic hydroxyl groups excluding tert-OH is 1. The summed E-state index contributed by atoms with van der Waals surface area (Å²) in [5, 5.41) is 17.4. The van der Waals surface area contributed by atoms with Crippen molar-refractivity contribution >= 4 is 11.9 Å². The molecular weight excluding hydrogens is 294 g/mol. The molecule has 0 radical (unpaired) electrons. The van der Waals surface area contributed by atoms with Crippen molar-refractivity contribution in [3.05, 3.63) is 59.6 Å². The van der Waals surface area contributed by atoms with Crippen LogP contribution in [0.5, 0.6) is 0 Å². The fourth-order valence-corrected chi connectivity index (χ4v) is 3.11. The first-order valence-electron chi connectivity index (χ1n) is 7.61. The second-order valence-corrected chi connectivity index (χ2v) is 5.87. The molecule has 3 rings (SSSR count). The Morgan fingerprint density at radius 3 is 2.70 bits per heavy atom. The summed E-state index contributed by atoms with van der Waals surface area (Å²) in [6.07, 6.45) is 2.71. The number of benzene rings is 1. The van der Waals surface area contributed by atoms with Crippen LogP contribution in [0, 0.1) is 0 Å². The van der Waals surface area contributed by atoms with Crippen molar-refractivity contribution in [2.45, 2.75) is 31.2 Å². The third kappa shape index (κ3) is 3.21. The fourth-order valence-electron chi connectivity index (χ4n) is 3.11. The third-order valence-corrected chi connectivity index (χ3v) is 4.29. The van der Waals surface area contributed by atoms with Gasteiger partial charge < -0.3 is 15.7 Å². The second kappa shape index (κ2) is 6.16. The van der Waals surface area contributed by atoms with E-state index in [1.54, 1.807) is 0 Å². The minimum Gasteiger partial charge on any atom is -0.504 e. The van der Waals surface area contributed by atoms with Crippen LogP contribution in [0.1, 0.15) is 30.7 Å². The molecule has 0 unspecified atom stereocenters. The molecule has 6 heteroatoms. The summed E-state index contributed by atoms with van der Waals surface area (Å²) >= 11 is 0. The predicted octanol–water partition coefficient (Wildman–Crippen LogP) is 2.03. The van der Waals surface area contributed by atoms with Crippen LogP contribution in [-0.2, 0) is 4.79 Å². The minimum absolute atomic E-state index is 0.0208. The molecule has 2 aliphatic rings. The van der Waals surface area contributed by atoms with Gasteiger partial charge in [0.1, 0.15) is 0 Å². The minimum atomic E-state index is -0.577. The highest BCUT2D eigenvalue weighted by molar-refractivity contribution is 6.00. The van der Waals surface area contributed by atoms with E-state index < -0.39 is 11.9 Å². The number of aliphatic hydroxyl groups is 1. The number of carbonyl (C=O) groups excluding carboxylic acids is 2. The van der Waals surface area contributed by atoms with Crippen LogP contribution in [0.25, 0.3) is 0 Å². The van der Waals surface area contributed by atoms with Crippen molar-refractivity contribution in [1.29, 1.82) is 0 Å². The Morgan fingerprint density at radius 1 is 1.22 bits per heavy atom. The monoisotopic (exact) mass is 313 g/mol. The lowest BCUT2D eigenvalue weighted by Crippen LogP contribution is -2.47. The van der Waals surface area contributed by atoms with Gasteiger partial charge in [-0.3, -0.25) is 10.1 Å². The van der Waals surface area contributed by atoms with Crippen LogP contribution in [0.15, 0.2) is 54.1 Å². The maximum Gasteiger partial charge on any atom is 0.324 e. The first-order valence-corrected chi connectivity index (χ1v) is 7.61. The molecule has 1 aliphatic carbocycles. The molecule has 0 aromatic heterocycles. The first kappa shape index (κ1) is 15.1. The summed E-state index contributed by atoms with van der Waals surface area (Å²) < 4.78 is 0. The van der Waals surface area contributed by atoms with Gasteiger partial charge in [0, 0.05) is 6.04 Å². The van der Waals surface area contributed by atoms with Gasteiger partial charge in [-0.05, 0) is 30.7 Å². The standard InChI is InChI=1S/C17H19N3O3/c1-10-15(21)14(20-17(23)18-10)16(22)19-13-8-7-12(9-13)11-5-3-2-4-6-11/h2-6,12-13,21H,1,7-9H2,(H,19,22)(H2,18,20,23)/t12-,13+/m0/s1. The summed E-state index contributed by atoms with van der Waals surface area (Å²) in [5.41, 5.74) is 1.14. The van der Waals surface area contributed by atoms with Crippen molar-refractivity contribution in [3.8, 4) is 0 Å². The average molecular weight is 313 g/mol. The van der Waals surface area contributed by atoms with Crippen LogP contribution in [-0.4, -0.2) is 23.1 Å². The number of hydrogen-bond donors (Lipinski definition) is 4. The quantitative estimate of drug-likeness (QED) is 0.688. The summed E-state index contributed by atoms with van der Waals surface area (Å²) in [4.78, 5) is 23.7. The van der Waals surface area contributed by atoms with Crippen molar-refractivity contribution in [3.63, 3.8) is 0 Å². The van der Waals surface area contributed by atoms with Crippen LogP contribution in [0.3, 0.4) is 0 Å². The van der Waals surface area contributed by atoms with Gasteiger partial charge in [-0.1, -0.05) is 36.9 Å². The van der Waals surface area contributed by atoms with Crippen molar-refractivity contribution < 1.29 is 14.7 Å². The van der Waals surface area contributed by atoms with Gasteiger partial charge in [-0.2, -0.15) is 0 Å². The zero-order valence-corrected chi connectivity index (χ0v) is 12.6. The van der Waals surface area contributed by atoms with Gasteiger partial charge in [0.05, 0.1) is 5.70 Å². The number of nitrogens with one attached hydrogen (secondary N) is 3. The topological polar surface area (TPSA) is 90.5 Å². The molecule has 1 aromatic carbocycles. The zero-order valence-electron chi connectivity index (χ0n) is 12.6. The van der Waals surface area contributed by atoms with E-state index in [1.165, 1.54) is 5.56 Å². The molecule has 3 amide bonds. The van der Waals surface area contributed by atoms with E-state index in [1.807, 2.05) is 18.2 Å². The number of carbonyl (C=O) groups is 2. The van der Waals surface area contributed by atoms with E-state index in [2.05, 4.69) is 34.7 Å². The van der Waals surface area contributed by atoms with Crippen LogP contribution in [0.4, 0.5) is 4.79 Å². The van der Waals surface area contributed by atoms with Gasteiger partial charge in [0.2, 0.25) is 0 Å². The van der Waals surface area contributed by atoms with Crippen molar-refractivity contribution in [2.75, 3.05) is 0 Å². The Kier molecular flexibility index (Phi) is 4.06. The molecule has 6 nitrogen and oxygen atoms in total. The molecular formula is C17H19N3O3. The van der Waals surface area contributed by atoms with Crippen LogP contribution < -0.4 is 16.0 Å². The first-order chi connectivity index (χ1) is 11.0. The van der Waals surface area contributed by atoms with Crippen molar-refractivity contribution in [2.24, 2.45) is 0 Å². The Balaban J connectivity index is 1.64. The fraction of sp³-hybridized carbons (Fsp3) is 0.294. The molecule has 1 fully saturated rings. The van der Waals surface area contributed by atoms with Crippen LogP contribution >= 0.6 is 0 Å². The maximum absolute atomic E-state index is 12.3.